The molecule has 0 fully saturated rings. The third-order valence-electron chi connectivity index (χ3n) is 3.69. The smallest absolute Gasteiger partial charge is 0.304 e. The van der Waals surface area contributed by atoms with Gasteiger partial charge in [-0.1, -0.05) is 6.07 Å². The first-order valence-corrected chi connectivity index (χ1v) is 8.80. The molecule has 0 heterocycles. The maximum absolute atomic E-state index is 11.0. The summed E-state index contributed by atoms with van der Waals surface area (Å²) >= 11 is 11.7. The number of hydrogen-bond acceptors (Lipinski definition) is 4. The van der Waals surface area contributed by atoms with Crippen molar-refractivity contribution in [1.82, 2.24) is 5.23 Å². The van der Waals surface area contributed by atoms with Gasteiger partial charge in [-0.25, -0.2) is 0 Å². The maximum Gasteiger partial charge on any atom is 0.304 e. The van der Waals surface area contributed by atoms with Crippen LogP contribution in [0.15, 0.2) is 18.2 Å². The Balaban J connectivity index is 2.96. The van der Waals surface area contributed by atoms with Crippen LogP contribution in [0.3, 0.4) is 0 Å². The lowest BCUT2D eigenvalue weighted by Crippen LogP contribution is -2.37. The van der Waals surface area contributed by atoms with Gasteiger partial charge in [-0.3, -0.25) is 4.79 Å². The van der Waals surface area contributed by atoms with Crippen LogP contribution in [0.25, 0.3) is 0 Å². The maximum atomic E-state index is 11.0. The fourth-order valence-electron chi connectivity index (χ4n) is 2.49. The van der Waals surface area contributed by atoms with E-state index in [4.69, 9.17) is 28.3 Å². The van der Waals surface area contributed by atoms with Crippen LogP contribution < -0.4 is 10.1 Å². The molecule has 0 aliphatic rings. The molecule has 0 bridgehead atoms. The van der Waals surface area contributed by atoms with Gasteiger partial charge >= 0.3 is 5.97 Å². The molecule has 0 spiro atoms. The number of carbonyl (C=O) groups is 2. The lowest BCUT2D eigenvalue weighted by molar-refractivity contribution is -0.137. The Bertz CT molecular complexity index is 540. The van der Waals surface area contributed by atoms with Crippen molar-refractivity contribution in [2.45, 2.75) is 25.8 Å². The first-order chi connectivity index (χ1) is 11.5. The van der Waals surface area contributed by atoms with E-state index >= 15 is 0 Å². The number of carboxylic acids is 1. The molecule has 1 aromatic rings. The summed E-state index contributed by atoms with van der Waals surface area (Å²) in [6.45, 7) is 3.35. The lowest BCUT2D eigenvalue weighted by Gasteiger charge is -2.25. The Labute approximate surface area is 153 Å². The average Bonchev–Trinajstić information content (AvgIpc) is 2.54. The Hall–Kier alpha value is -1.24. The van der Waals surface area contributed by atoms with Gasteiger partial charge < -0.3 is 20.0 Å². The molecule has 24 heavy (non-hydrogen) atoms. The van der Waals surface area contributed by atoms with Crippen LogP contribution in [-0.4, -0.2) is 55.6 Å². The number of aliphatic carboxylic acids is 1. The van der Waals surface area contributed by atoms with Crippen LogP contribution in [0.5, 0.6) is 0 Å². The molecule has 0 aromatic heterocycles. The fourth-order valence-corrected chi connectivity index (χ4v) is 2.90. The molecule has 0 aliphatic heterocycles. The van der Waals surface area contributed by atoms with Crippen LogP contribution >= 0.6 is 23.2 Å². The van der Waals surface area contributed by atoms with Gasteiger partial charge in [0, 0.05) is 36.6 Å². The minimum Gasteiger partial charge on any atom is -0.481 e. The largest absolute Gasteiger partial charge is 0.481 e. The van der Waals surface area contributed by atoms with Gasteiger partial charge in [0.05, 0.1) is 12.6 Å². The minimum absolute atomic E-state index is 0.0684. The molecule has 2 N–H and O–H groups in total. The molecule has 1 atom stereocenters. The summed E-state index contributed by atoms with van der Waals surface area (Å²) in [7, 11) is 1.24. The zero-order valence-electron chi connectivity index (χ0n) is 13.7. The molecule has 1 aromatic carbocycles. The van der Waals surface area contributed by atoms with E-state index in [9.17, 15) is 9.59 Å². The SMILES string of the molecule is Cc1ccc(N(CCCl)CCCl)cc1C[C@@H](CC(=O)O)N[B]C=O. The molecule has 8 heteroatoms. The highest BCUT2D eigenvalue weighted by Gasteiger charge is 2.16. The molecular weight excluding hydrogens is 350 g/mol. The molecular formula is C16H22BCl2N2O3. The number of aryl methyl sites for hydroxylation is 1. The summed E-state index contributed by atoms with van der Waals surface area (Å²) in [5, 5.41) is 11.9. The van der Waals surface area contributed by atoms with Crippen molar-refractivity contribution in [3.05, 3.63) is 29.3 Å². The third-order valence-corrected chi connectivity index (χ3v) is 4.03. The van der Waals surface area contributed by atoms with Crippen molar-refractivity contribution >= 4 is 48.5 Å². The van der Waals surface area contributed by atoms with Gasteiger partial charge in [0.25, 0.3) is 7.41 Å². The van der Waals surface area contributed by atoms with Crippen LogP contribution in [0.1, 0.15) is 17.5 Å². The number of rotatable bonds is 12. The fraction of sp³-hybridized carbons (Fsp3) is 0.500. The number of benzene rings is 1. The highest BCUT2D eigenvalue weighted by atomic mass is 35.5. The molecule has 1 rings (SSSR count). The number of carboxylic acid groups (broad SMARTS) is 1. The summed E-state index contributed by atoms with van der Waals surface area (Å²) in [5.74, 6) is 0.0846. The van der Waals surface area contributed by atoms with E-state index in [0.717, 1.165) is 16.8 Å². The summed E-state index contributed by atoms with van der Waals surface area (Å²) in [6.07, 6.45) is 1.05. The second-order valence-electron chi connectivity index (χ2n) is 5.44. The third kappa shape index (κ3) is 7.12. The number of carbonyl (C=O) groups excluding carboxylic acids is 1. The zero-order chi connectivity index (χ0) is 17.9. The normalized spacial score (nSPS) is 11.8. The molecule has 131 valence electrons. The number of nitrogens with one attached hydrogen (secondary N) is 1. The second-order valence-corrected chi connectivity index (χ2v) is 6.20. The molecule has 0 unspecified atom stereocenters. The predicted octanol–water partition coefficient (Wildman–Crippen LogP) is 2.06. The van der Waals surface area contributed by atoms with Gasteiger partial charge in [-0.2, -0.15) is 0 Å². The van der Waals surface area contributed by atoms with Crippen LogP contribution in [0.2, 0.25) is 0 Å². The Morgan fingerprint density at radius 1 is 1.38 bits per heavy atom. The van der Waals surface area contributed by atoms with E-state index in [0.29, 0.717) is 37.5 Å². The van der Waals surface area contributed by atoms with Crippen molar-refractivity contribution in [2.24, 2.45) is 0 Å². The highest BCUT2D eigenvalue weighted by Crippen LogP contribution is 2.21. The zero-order valence-corrected chi connectivity index (χ0v) is 15.2. The van der Waals surface area contributed by atoms with E-state index in [1.807, 2.05) is 25.1 Å². The van der Waals surface area contributed by atoms with E-state index < -0.39 is 5.97 Å². The first kappa shape index (κ1) is 20.8. The van der Waals surface area contributed by atoms with Gasteiger partial charge in [-0.15, -0.1) is 23.2 Å². The van der Waals surface area contributed by atoms with Crippen LogP contribution in [0, 0.1) is 6.92 Å². The standard InChI is InChI=1S/C16H22BCl2N2O3/c1-12-2-3-15(21(6-4-18)7-5-19)9-13(12)8-14(10-16(23)24)20-17-11-22/h2-3,9,11,14,20H,4-8,10H2,1H3,(H,23,24)/t14-/m0/s1. The van der Waals surface area contributed by atoms with E-state index in [-0.39, 0.29) is 12.5 Å². The number of hydrogen-bond donors (Lipinski definition) is 2. The highest BCUT2D eigenvalue weighted by molar-refractivity contribution is 6.64. The van der Waals surface area contributed by atoms with Crippen LogP contribution in [0.4, 0.5) is 5.69 Å². The Kier molecular flexibility index (Phi) is 9.83. The Morgan fingerprint density at radius 3 is 2.58 bits per heavy atom. The second kappa shape index (κ2) is 11.3. The monoisotopic (exact) mass is 371 g/mol. The summed E-state index contributed by atoms with van der Waals surface area (Å²) in [6, 6.07) is 5.69. The molecule has 5 nitrogen and oxygen atoms in total. The van der Waals surface area contributed by atoms with Crippen molar-refractivity contribution in [3.63, 3.8) is 0 Å². The minimum atomic E-state index is -0.911. The van der Waals surface area contributed by atoms with E-state index in [1.165, 1.54) is 7.41 Å². The van der Waals surface area contributed by atoms with Gasteiger partial charge in [0.15, 0.2) is 0 Å². The lowest BCUT2D eigenvalue weighted by atomic mass is 9.91. The summed E-state index contributed by atoms with van der Waals surface area (Å²) in [4.78, 5) is 23.6. The van der Waals surface area contributed by atoms with E-state index in [1.54, 1.807) is 0 Å². The number of alkyl halides is 2. The summed E-state index contributed by atoms with van der Waals surface area (Å²) < 4.78 is 0. The number of nitrogens with zero attached hydrogens (tertiary/aromatic N) is 1. The molecule has 0 saturated heterocycles. The Morgan fingerprint density at radius 2 is 2.04 bits per heavy atom. The van der Waals surface area contributed by atoms with Gasteiger partial charge in [-0.05, 0) is 36.6 Å². The average molecular weight is 372 g/mol. The molecule has 0 amide bonds. The quantitative estimate of drug-likeness (QED) is 0.334. The van der Waals surface area contributed by atoms with Gasteiger partial charge in [0.1, 0.15) is 0 Å². The summed E-state index contributed by atoms with van der Waals surface area (Å²) in [5.41, 5.74) is 3.10. The van der Waals surface area contributed by atoms with Crippen molar-refractivity contribution < 1.29 is 14.7 Å². The van der Waals surface area contributed by atoms with Crippen LogP contribution in [-0.2, 0) is 16.0 Å². The van der Waals surface area contributed by atoms with E-state index in [2.05, 4.69) is 10.1 Å². The van der Waals surface area contributed by atoms with Crippen molar-refractivity contribution in [1.29, 1.82) is 0 Å². The topological polar surface area (TPSA) is 69.6 Å². The molecule has 0 aliphatic carbocycles. The number of anilines is 1. The molecule has 1 radical (unpaired) electrons. The van der Waals surface area contributed by atoms with Crippen molar-refractivity contribution in [3.8, 4) is 0 Å². The molecule has 0 saturated carbocycles. The predicted molar refractivity (Wildman–Crippen MR) is 100 cm³/mol. The first-order valence-electron chi connectivity index (χ1n) is 7.73. The van der Waals surface area contributed by atoms with Gasteiger partial charge in [0.2, 0.25) is 0 Å². The number of halogens is 2. The van der Waals surface area contributed by atoms with Crippen molar-refractivity contribution in [2.75, 3.05) is 29.7 Å².